The van der Waals surface area contributed by atoms with Crippen LogP contribution in [0.4, 0.5) is 0 Å². The highest BCUT2D eigenvalue weighted by Gasteiger charge is 2.28. The Labute approximate surface area is 106 Å². The van der Waals surface area contributed by atoms with Crippen LogP contribution in [0.15, 0.2) is 54.6 Å². The Morgan fingerprint density at radius 3 is 2.33 bits per heavy atom. The van der Waals surface area contributed by atoms with E-state index in [1.807, 2.05) is 54.6 Å². The van der Waals surface area contributed by atoms with Crippen LogP contribution in [-0.4, -0.2) is 17.8 Å². The van der Waals surface area contributed by atoms with Crippen molar-refractivity contribution in [1.29, 1.82) is 0 Å². The molecule has 0 amide bonds. The van der Waals surface area contributed by atoms with E-state index in [4.69, 9.17) is 9.47 Å². The van der Waals surface area contributed by atoms with Crippen LogP contribution in [0.3, 0.4) is 0 Å². The first-order valence-corrected chi connectivity index (χ1v) is 5.96. The number of hydrogen-bond donors (Lipinski definition) is 1. The predicted molar refractivity (Wildman–Crippen MR) is 67.8 cm³/mol. The average Bonchev–Trinajstić information content (AvgIpc) is 2.60. The summed E-state index contributed by atoms with van der Waals surface area (Å²) in [6, 6.07) is 17.2. The molecule has 0 aliphatic carbocycles. The second-order valence-electron chi connectivity index (χ2n) is 4.27. The molecule has 0 fully saturated rings. The first kappa shape index (κ1) is 11.1. The number of fused-ring (bicyclic) bond motifs is 1. The highest BCUT2D eigenvalue weighted by Crippen LogP contribution is 2.35. The van der Waals surface area contributed by atoms with Crippen molar-refractivity contribution in [3.8, 4) is 11.5 Å². The molecular weight excluding hydrogens is 228 g/mol. The molecule has 0 spiro atoms. The smallest absolute Gasteiger partial charge is 0.162 e. The van der Waals surface area contributed by atoms with Gasteiger partial charge in [-0.15, -0.1) is 0 Å². The lowest BCUT2D eigenvalue weighted by atomic mass is 10.1. The number of aliphatic hydroxyl groups excluding tert-OH is 1. The van der Waals surface area contributed by atoms with Gasteiger partial charge in [0.25, 0.3) is 0 Å². The standard InChI is InChI=1S/C15H14O3/c16-12-10-17-13-8-4-5-9-14(13)18-15(12)11-6-2-1-3-7-11/h1-9,12,15-16H,10H2/t12-,15+/m1/s1. The van der Waals surface area contributed by atoms with Crippen LogP contribution in [-0.2, 0) is 0 Å². The molecule has 3 rings (SSSR count). The summed E-state index contributed by atoms with van der Waals surface area (Å²) in [6.07, 6.45) is -1.07. The summed E-state index contributed by atoms with van der Waals surface area (Å²) >= 11 is 0. The molecule has 92 valence electrons. The fourth-order valence-corrected chi connectivity index (χ4v) is 2.08. The number of ether oxygens (including phenoxy) is 2. The number of aliphatic hydroxyl groups is 1. The van der Waals surface area contributed by atoms with Gasteiger partial charge in [0.1, 0.15) is 12.7 Å². The Bertz CT molecular complexity index is 524. The zero-order chi connectivity index (χ0) is 12.4. The highest BCUT2D eigenvalue weighted by atomic mass is 16.6. The van der Waals surface area contributed by atoms with Gasteiger partial charge >= 0.3 is 0 Å². The molecular formula is C15H14O3. The van der Waals surface area contributed by atoms with Crippen molar-refractivity contribution in [2.75, 3.05) is 6.61 Å². The largest absolute Gasteiger partial charge is 0.487 e. The Balaban J connectivity index is 1.96. The van der Waals surface area contributed by atoms with E-state index in [1.54, 1.807) is 0 Å². The maximum Gasteiger partial charge on any atom is 0.162 e. The van der Waals surface area contributed by atoms with Crippen molar-refractivity contribution in [2.24, 2.45) is 0 Å². The van der Waals surface area contributed by atoms with Crippen molar-refractivity contribution < 1.29 is 14.6 Å². The van der Waals surface area contributed by atoms with Crippen molar-refractivity contribution in [3.63, 3.8) is 0 Å². The second kappa shape index (κ2) is 4.70. The maximum atomic E-state index is 10.1. The quantitative estimate of drug-likeness (QED) is 0.835. The number of hydrogen-bond acceptors (Lipinski definition) is 3. The molecule has 2 aromatic rings. The van der Waals surface area contributed by atoms with Gasteiger partial charge in [-0.2, -0.15) is 0 Å². The third kappa shape index (κ3) is 2.05. The molecule has 1 aliphatic rings. The summed E-state index contributed by atoms with van der Waals surface area (Å²) in [6.45, 7) is 0.233. The van der Waals surface area contributed by atoms with Gasteiger partial charge in [-0.05, 0) is 17.7 Å². The molecule has 2 aromatic carbocycles. The van der Waals surface area contributed by atoms with E-state index in [1.165, 1.54) is 0 Å². The van der Waals surface area contributed by atoms with E-state index in [0.717, 1.165) is 5.56 Å². The Morgan fingerprint density at radius 2 is 1.56 bits per heavy atom. The number of para-hydroxylation sites is 2. The van der Waals surface area contributed by atoms with E-state index >= 15 is 0 Å². The van der Waals surface area contributed by atoms with Crippen molar-refractivity contribution in [1.82, 2.24) is 0 Å². The minimum absolute atomic E-state index is 0.233. The van der Waals surface area contributed by atoms with Crippen LogP contribution in [0, 0.1) is 0 Å². The molecule has 0 radical (unpaired) electrons. The van der Waals surface area contributed by atoms with Gasteiger partial charge in [-0.3, -0.25) is 0 Å². The van der Waals surface area contributed by atoms with Crippen molar-refractivity contribution in [3.05, 3.63) is 60.2 Å². The SMILES string of the molecule is O[C@@H]1COc2ccccc2O[C@H]1c1ccccc1. The monoisotopic (exact) mass is 242 g/mol. The fraction of sp³-hybridized carbons (Fsp3) is 0.200. The fourth-order valence-electron chi connectivity index (χ4n) is 2.08. The van der Waals surface area contributed by atoms with Crippen molar-refractivity contribution >= 4 is 0 Å². The molecule has 3 heteroatoms. The Hall–Kier alpha value is -2.00. The van der Waals surface area contributed by atoms with Crippen LogP contribution in [0.5, 0.6) is 11.5 Å². The summed E-state index contributed by atoms with van der Waals surface area (Å²) in [5.41, 5.74) is 0.949. The molecule has 1 heterocycles. The van der Waals surface area contributed by atoms with Crippen LogP contribution in [0.2, 0.25) is 0 Å². The van der Waals surface area contributed by atoms with E-state index in [9.17, 15) is 5.11 Å². The van der Waals surface area contributed by atoms with Gasteiger partial charge < -0.3 is 14.6 Å². The topological polar surface area (TPSA) is 38.7 Å². The molecule has 1 N–H and O–H groups in total. The first-order valence-electron chi connectivity index (χ1n) is 5.96. The summed E-state index contributed by atoms with van der Waals surface area (Å²) in [4.78, 5) is 0. The molecule has 0 aromatic heterocycles. The predicted octanol–water partition coefficient (Wildman–Crippen LogP) is 2.56. The third-order valence-corrected chi connectivity index (χ3v) is 2.99. The third-order valence-electron chi connectivity index (χ3n) is 2.99. The van der Waals surface area contributed by atoms with Gasteiger partial charge in [0, 0.05) is 0 Å². The highest BCUT2D eigenvalue weighted by molar-refractivity contribution is 5.41. The Kier molecular flexibility index (Phi) is 2.90. The van der Waals surface area contributed by atoms with E-state index in [-0.39, 0.29) is 6.61 Å². The van der Waals surface area contributed by atoms with Crippen LogP contribution < -0.4 is 9.47 Å². The lowest BCUT2D eigenvalue weighted by Gasteiger charge is -2.20. The zero-order valence-corrected chi connectivity index (χ0v) is 9.82. The molecule has 0 unspecified atom stereocenters. The molecule has 0 bridgehead atoms. The summed E-state index contributed by atoms with van der Waals surface area (Å²) in [5, 5.41) is 10.1. The van der Waals surface area contributed by atoms with Crippen LogP contribution >= 0.6 is 0 Å². The van der Waals surface area contributed by atoms with Gasteiger partial charge in [0.2, 0.25) is 0 Å². The van der Waals surface area contributed by atoms with Crippen molar-refractivity contribution in [2.45, 2.75) is 12.2 Å². The first-order chi connectivity index (χ1) is 8.84. The van der Waals surface area contributed by atoms with Gasteiger partial charge in [0.05, 0.1) is 0 Å². The molecule has 0 saturated carbocycles. The zero-order valence-electron chi connectivity index (χ0n) is 9.82. The van der Waals surface area contributed by atoms with Crippen LogP contribution in [0.25, 0.3) is 0 Å². The van der Waals surface area contributed by atoms with Gasteiger partial charge in [0.15, 0.2) is 17.6 Å². The summed E-state index contributed by atoms with van der Waals surface area (Å²) in [7, 11) is 0. The molecule has 3 nitrogen and oxygen atoms in total. The number of benzene rings is 2. The summed E-state index contributed by atoms with van der Waals surface area (Å²) in [5.74, 6) is 1.35. The maximum absolute atomic E-state index is 10.1. The molecule has 2 atom stereocenters. The van der Waals surface area contributed by atoms with E-state index in [0.29, 0.717) is 11.5 Å². The molecule has 0 saturated heterocycles. The normalized spacial score (nSPS) is 22.3. The molecule has 1 aliphatic heterocycles. The lowest BCUT2D eigenvalue weighted by molar-refractivity contribution is 0.0214. The molecule has 18 heavy (non-hydrogen) atoms. The van der Waals surface area contributed by atoms with E-state index < -0.39 is 12.2 Å². The Morgan fingerprint density at radius 1 is 0.889 bits per heavy atom. The lowest BCUT2D eigenvalue weighted by Crippen LogP contribution is -2.27. The summed E-state index contributed by atoms with van der Waals surface area (Å²) < 4.78 is 11.4. The van der Waals surface area contributed by atoms with Gasteiger partial charge in [-0.25, -0.2) is 0 Å². The minimum Gasteiger partial charge on any atom is -0.487 e. The number of rotatable bonds is 1. The van der Waals surface area contributed by atoms with Crippen LogP contribution in [0.1, 0.15) is 11.7 Å². The average molecular weight is 242 g/mol. The minimum atomic E-state index is -0.681. The van der Waals surface area contributed by atoms with Gasteiger partial charge in [-0.1, -0.05) is 42.5 Å². The second-order valence-corrected chi connectivity index (χ2v) is 4.27. The van der Waals surface area contributed by atoms with E-state index in [2.05, 4.69) is 0 Å².